The zero-order valence-electron chi connectivity index (χ0n) is 18.0. The summed E-state index contributed by atoms with van der Waals surface area (Å²) in [7, 11) is 0. The lowest BCUT2D eigenvalue weighted by atomic mass is 9.79. The minimum absolute atomic E-state index is 0.00529. The number of amides is 2. The second-order valence-electron chi connectivity index (χ2n) is 9.99. The van der Waals surface area contributed by atoms with Crippen LogP contribution in [0.5, 0.6) is 0 Å². The normalized spacial score (nSPS) is 31.8. The Kier molecular flexibility index (Phi) is 4.90. The van der Waals surface area contributed by atoms with E-state index in [1.54, 1.807) is 0 Å². The molecule has 5 rings (SSSR count). The van der Waals surface area contributed by atoms with E-state index in [0.29, 0.717) is 13.2 Å². The molecule has 4 aliphatic rings. The standard InChI is InChI=1S/C24H27BrN2O4/c1-24(2,3)21(28)20-19-18(22(29)26(23(19)30)12-15-5-4-10-31-15)17-8-6-13-11-14(25)7-9-16(13)27(17)20/h6-9,11,15,17-20H,4-5,10,12H2,1-3H3/t15-,17+,18+,19+,20+/m0/s1. The Balaban J connectivity index is 1.58. The Labute approximate surface area is 190 Å². The number of likely N-dealkylation sites (tertiary alicyclic amines) is 1. The van der Waals surface area contributed by atoms with Gasteiger partial charge in [0, 0.05) is 22.2 Å². The number of ketones is 1. The van der Waals surface area contributed by atoms with Crippen LogP contribution in [0.2, 0.25) is 0 Å². The Hall–Kier alpha value is -1.99. The van der Waals surface area contributed by atoms with Gasteiger partial charge in [0.05, 0.1) is 30.5 Å². The minimum atomic E-state index is -0.662. The third kappa shape index (κ3) is 3.20. The van der Waals surface area contributed by atoms with Gasteiger partial charge in [-0.15, -0.1) is 0 Å². The lowest BCUT2D eigenvalue weighted by Crippen LogP contribution is -2.52. The third-order valence-corrected chi connectivity index (χ3v) is 7.47. The molecule has 4 heterocycles. The maximum atomic E-state index is 13.7. The molecule has 5 atom stereocenters. The van der Waals surface area contributed by atoms with Crippen molar-refractivity contribution in [2.75, 3.05) is 18.1 Å². The molecule has 7 heteroatoms. The Bertz CT molecular complexity index is 992. The first-order chi connectivity index (χ1) is 14.7. The summed E-state index contributed by atoms with van der Waals surface area (Å²) in [6, 6.07) is 4.95. The maximum Gasteiger partial charge on any atom is 0.235 e. The molecule has 0 saturated carbocycles. The molecule has 31 heavy (non-hydrogen) atoms. The van der Waals surface area contributed by atoms with E-state index in [0.717, 1.165) is 28.6 Å². The van der Waals surface area contributed by atoms with E-state index in [1.807, 2.05) is 56.0 Å². The van der Waals surface area contributed by atoms with Crippen molar-refractivity contribution in [3.8, 4) is 0 Å². The summed E-state index contributed by atoms with van der Waals surface area (Å²) in [5.74, 6) is -1.61. The van der Waals surface area contributed by atoms with Crippen LogP contribution < -0.4 is 4.90 Å². The number of hydrogen-bond acceptors (Lipinski definition) is 5. The van der Waals surface area contributed by atoms with Crippen molar-refractivity contribution in [3.63, 3.8) is 0 Å². The lowest BCUT2D eigenvalue weighted by molar-refractivity contribution is -0.143. The van der Waals surface area contributed by atoms with Crippen LogP contribution in [0.25, 0.3) is 6.08 Å². The van der Waals surface area contributed by atoms with Gasteiger partial charge in [0.25, 0.3) is 0 Å². The van der Waals surface area contributed by atoms with E-state index in [9.17, 15) is 14.4 Å². The summed E-state index contributed by atoms with van der Waals surface area (Å²) in [5.41, 5.74) is 1.25. The molecule has 4 aliphatic heterocycles. The van der Waals surface area contributed by atoms with Crippen LogP contribution in [0.4, 0.5) is 5.69 Å². The van der Waals surface area contributed by atoms with Crippen molar-refractivity contribution in [3.05, 3.63) is 34.3 Å². The molecule has 3 fully saturated rings. The molecule has 0 radical (unpaired) electrons. The van der Waals surface area contributed by atoms with Gasteiger partial charge in [0.15, 0.2) is 5.78 Å². The van der Waals surface area contributed by atoms with Crippen molar-refractivity contribution in [1.29, 1.82) is 0 Å². The fraction of sp³-hybridized carbons (Fsp3) is 0.542. The van der Waals surface area contributed by atoms with Crippen molar-refractivity contribution in [2.24, 2.45) is 17.3 Å². The average Bonchev–Trinajstić information content (AvgIpc) is 3.40. The van der Waals surface area contributed by atoms with Gasteiger partial charge < -0.3 is 9.64 Å². The van der Waals surface area contributed by atoms with Gasteiger partial charge in [-0.1, -0.05) is 48.9 Å². The van der Waals surface area contributed by atoms with Gasteiger partial charge in [0.1, 0.15) is 6.04 Å². The first-order valence-corrected chi connectivity index (χ1v) is 11.7. The molecule has 0 bridgehead atoms. The van der Waals surface area contributed by atoms with E-state index in [1.165, 1.54) is 4.90 Å². The van der Waals surface area contributed by atoms with Crippen molar-refractivity contribution >= 4 is 45.3 Å². The summed E-state index contributed by atoms with van der Waals surface area (Å²) in [5, 5.41) is 0. The molecular formula is C24H27BrN2O4. The topological polar surface area (TPSA) is 66.9 Å². The number of carbonyl (C=O) groups is 3. The molecule has 164 valence electrons. The number of fused-ring (bicyclic) bond motifs is 5. The summed E-state index contributed by atoms with van der Waals surface area (Å²) >= 11 is 3.51. The molecule has 0 spiro atoms. The van der Waals surface area contributed by atoms with Crippen LogP contribution in [0.3, 0.4) is 0 Å². The molecule has 0 aromatic heterocycles. The number of ether oxygens (including phenoxy) is 1. The van der Waals surface area contributed by atoms with Gasteiger partial charge >= 0.3 is 0 Å². The summed E-state index contributed by atoms with van der Waals surface area (Å²) in [6.45, 7) is 6.60. The fourth-order valence-corrected chi connectivity index (χ4v) is 5.90. The van der Waals surface area contributed by atoms with Gasteiger partial charge in [-0.3, -0.25) is 19.3 Å². The quantitative estimate of drug-likeness (QED) is 0.612. The number of anilines is 1. The summed E-state index contributed by atoms with van der Waals surface area (Å²) < 4.78 is 6.63. The van der Waals surface area contributed by atoms with E-state index >= 15 is 0 Å². The first kappa shape index (κ1) is 20.9. The number of hydrogen-bond donors (Lipinski definition) is 0. The van der Waals surface area contributed by atoms with Crippen molar-refractivity contribution in [2.45, 2.75) is 51.8 Å². The molecular weight excluding hydrogens is 460 g/mol. The second-order valence-corrected chi connectivity index (χ2v) is 10.9. The van der Waals surface area contributed by atoms with Crippen LogP contribution >= 0.6 is 15.9 Å². The van der Waals surface area contributed by atoms with E-state index in [2.05, 4.69) is 15.9 Å². The number of Topliss-reactive ketones (excluding diaryl/α,β-unsaturated/α-hetero) is 1. The highest BCUT2D eigenvalue weighted by Gasteiger charge is 2.64. The van der Waals surface area contributed by atoms with Crippen molar-refractivity contribution < 1.29 is 19.1 Å². The average molecular weight is 487 g/mol. The second kappa shape index (κ2) is 7.27. The predicted molar refractivity (Wildman–Crippen MR) is 120 cm³/mol. The minimum Gasteiger partial charge on any atom is -0.376 e. The highest BCUT2D eigenvalue weighted by molar-refractivity contribution is 9.10. The van der Waals surface area contributed by atoms with Crippen LogP contribution in [0.15, 0.2) is 28.7 Å². The third-order valence-electron chi connectivity index (χ3n) is 6.98. The Morgan fingerprint density at radius 3 is 2.61 bits per heavy atom. The monoisotopic (exact) mass is 486 g/mol. The van der Waals surface area contributed by atoms with Crippen LogP contribution in [-0.2, 0) is 19.1 Å². The molecule has 1 aromatic rings. The van der Waals surface area contributed by atoms with Gasteiger partial charge in [-0.25, -0.2) is 0 Å². The van der Waals surface area contributed by atoms with E-state index in [4.69, 9.17) is 4.74 Å². The predicted octanol–water partition coefficient (Wildman–Crippen LogP) is 3.43. The molecule has 3 saturated heterocycles. The smallest absolute Gasteiger partial charge is 0.235 e. The summed E-state index contributed by atoms with van der Waals surface area (Å²) in [4.78, 5) is 44.1. The van der Waals surface area contributed by atoms with Gasteiger partial charge in [-0.05, 0) is 36.6 Å². The van der Waals surface area contributed by atoms with Gasteiger partial charge in [0.2, 0.25) is 11.8 Å². The molecule has 1 aromatic carbocycles. The molecule has 0 unspecified atom stereocenters. The number of imide groups is 1. The molecule has 0 N–H and O–H groups in total. The van der Waals surface area contributed by atoms with Crippen LogP contribution in [0, 0.1) is 17.3 Å². The molecule has 0 aliphatic carbocycles. The molecule has 2 amide bonds. The lowest BCUT2D eigenvalue weighted by Gasteiger charge is -2.38. The number of halogens is 1. The van der Waals surface area contributed by atoms with Crippen LogP contribution in [0.1, 0.15) is 39.2 Å². The fourth-order valence-electron chi connectivity index (χ4n) is 5.52. The van der Waals surface area contributed by atoms with E-state index in [-0.39, 0.29) is 29.7 Å². The zero-order valence-corrected chi connectivity index (χ0v) is 19.6. The molecule has 6 nitrogen and oxygen atoms in total. The maximum absolute atomic E-state index is 13.7. The van der Waals surface area contributed by atoms with E-state index < -0.39 is 23.3 Å². The van der Waals surface area contributed by atoms with Gasteiger partial charge in [-0.2, -0.15) is 0 Å². The Morgan fingerprint density at radius 1 is 1.19 bits per heavy atom. The number of nitrogens with zero attached hydrogens (tertiary/aromatic N) is 2. The van der Waals surface area contributed by atoms with Crippen molar-refractivity contribution in [1.82, 2.24) is 4.90 Å². The largest absolute Gasteiger partial charge is 0.376 e. The zero-order chi connectivity index (χ0) is 22.1. The first-order valence-electron chi connectivity index (χ1n) is 11.0. The number of carbonyl (C=O) groups excluding carboxylic acids is 3. The number of benzene rings is 1. The highest BCUT2D eigenvalue weighted by Crippen LogP contribution is 2.50. The summed E-state index contributed by atoms with van der Waals surface area (Å²) in [6.07, 6.45) is 5.70. The SMILES string of the molecule is CC(C)(C)C(=O)[C@H]1[C@@H]2C(=O)N(C[C@@H]3CCCO3)C(=O)[C@@H]2[C@H]2C=Cc3cc(Br)ccc3N21. The number of rotatable bonds is 3. The van der Waals surface area contributed by atoms with Crippen LogP contribution in [-0.4, -0.2) is 53.8 Å². The highest BCUT2D eigenvalue weighted by atomic mass is 79.9. The Morgan fingerprint density at radius 2 is 1.94 bits per heavy atom.